The summed E-state index contributed by atoms with van der Waals surface area (Å²) in [6, 6.07) is 7.29. The summed E-state index contributed by atoms with van der Waals surface area (Å²) in [6.45, 7) is 8.75. The van der Waals surface area contributed by atoms with E-state index < -0.39 is 0 Å². The molecule has 2 aliphatic heterocycles. The fourth-order valence-corrected chi connectivity index (χ4v) is 3.15. The van der Waals surface area contributed by atoms with Crippen molar-refractivity contribution in [3.8, 4) is 0 Å². The van der Waals surface area contributed by atoms with E-state index in [1.54, 1.807) is 12.1 Å². The first-order valence-corrected chi connectivity index (χ1v) is 7.83. The van der Waals surface area contributed by atoms with E-state index in [1.165, 1.54) is 6.07 Å². The molecule has 3 rings (SSSR count). The predicted octanol–water partition coefficient (Wildman–Crippen LogP) is 1.10. The maximum Gasteiger partial charge on any atom is 0.123 e. The molecule has 1 aromatic rings. The normalized spacial score (nSPS) is 25.1. The summed E-state index contributed by atoms with van der Waals surface area (Å²) in [5.74, 6) is -0.147. The lowest BCUT2D eigenvalue weighted by Gasteiger charge is -2.38. The van der Waals surface area contributed by atoms with Gasteiger partial charge in [0.15, 0.2) is 0 Å². The average molecular weight is 293 g/mol. The number of halogens is 1. The van der Waals surface area contributed by atoms with Crippen LogP contribution in [0.15, 0.2) is 24.3 Å². The minimum absolute atomic E-state index is 0.147. The van der Waals surface area contributed by atoms with E-state index in [1.807, 2.05) is 6.07 Å². The third-order valence-electron chi connectivity index (χ3n) is 4.39. The van der Waals surface area contributed by atoms with Crippen LogP contribution in [0.2, 0.25) is 0 Å². The molecular weight excluding hydrogens is 269 g/mol. The summed E-state index contributed by atoms with van der Waals surface area (Å²) < 4.78 is 18.9. The van der Waals surface area contributed by atoms with Gasteiger partial charge in [0, 0.05) is 51.9 Å². The molecule has 2 saturated heterocycles. The average Bonchev–Trinajstić information content (AvgIpc) is 2.54. The smallest absolute Gasteiger partial charge is 0.123 e. The van der Waals surface area contributed by atoms with Gasteiger partial charge in [-0.2, -0.15) is 0 Å². The Morgan fingerprint density at radius 3 is 2.86 bits per heavy atom. The fraction of sp³-hybridized carbons (Fsp3) is 0.625. The third kappa shape index (κ3) is 4.01. The Labute approximate surface area is 125 Å². The molecule has 0 saturated carbocycles. The zero-order valence-electron chi connectivity index (χ0n) is 12.4. The molecule has 0 radical (unpaired) electrons. The predicted molar refractivity (Wildman–Crippen MR) is 80.8 cm³/mol. The fourth-order valence-electron chi connectivity index (χ4n) is 3.15. The number of benzene rings is 1. The van der Waals surface area contributed by atoms with Crippen LogP contribution in [0.5, 0.6) is 0 Å². The first-order chi connectivity index (χ1) is 10.3. The molecule has 2 heterocycles. The summed E-state index contributed by atoms with van der Waals surface area (Å²) in [5.41, 5.74) is 1.07. The summed E-state index contributed by atoms with van der Waals surface area (Å²) in [6.07, 6.45) is 0. The molecule has 0 spiro atoms. The first-order valence-electron chi connectivity index (χ1n) is 7.83. The second kappa shape index (κ2) is 7.31. The van der Waals surface area contributed by atoms with Gasteiger partial charge in [-0.05, 0) is 17.7 Å². The third-order valence-corrected chi connectivity index (χ3v) is 4.39. The van der Waals surface area contributed by atoms with Gasteiger partial charge in [0.1, 0.15) is 5.82 Å². The molecule has 1 N–H and O–H groups in total. The highest BCUT2D eigenvalue weighted by Crippen LogP contribution is 2.22. The van der Waals surface area contributed by atoms with E-state index in [-0.39, 0.29) is 11.9 Å². The number of hydrogen-bond acceptors (Lipinski definition) is 4. The lowest BCUT2D eigenvalue weighted by Crippen LogP contribution is -2.49. The number of piperazine rings is 1. The van der Waals surface area contributed by atoms with Gasteiger partial charge >= 0.3 is 0 Å². The van der Waals surface area contributed by atoms with Crippen molar-refractivity contribution in [1.82, 2.24) is 15.1 Å². The molecule has 2 fully saturated rings. The highest BCUT2D eigenvalue weighted by Gasteiger charge is 2.24. The van der Waals surface area contributed by atoms with Gasteiger partial charge in [-0.15, -0.1) is 0 Å². The van der Waals surface area contributed by atoms with Gasteiger partial charge in [-0.1, -0.05) is 12.1 Å². The molecule has 2 aliphatic rings. The number of rotatable bonds is 4. The molecule has 21 heavy (non-hydrogen) atoms. The summed E-state index contributed by atoms with van der Waals surface area (Å²) in [5, 5.41) is 3.42. The van der Waals surface area contributed by atoms with Crippen molar-refractivity contribution in [2.24, 2.45) is 0 Å². The zero-order chi connectivity index (χ0) is 14.5. The maximum absolute atomic E-state index is 13.5. The van der Waals surface area contributed by atoms with Gasteiger partial charge in [0.05, 0.1) is 13.2 Å². The van der Waals surface area contributed by atoms with E-state index in [4.69, 9.17) is 4.74 Å². The number of morpholine rings is 1. The Morgan fingerprint density at radius 1 is 1.19 bits per heavy atom. The highest BCUT2D eigenvalue weighted by atomic mass is 19.1. The monoisotopic (exact) mass is 293 g/mol. The van der Waals surface area contributed by atoms with Gasteiger partial charge < -0.3 is 10.1 Å². The molecule has 1 atom stereocenters. The van der Waals surface area contributed by atoms with Crippen LogP contribution in [-0.2, 0) is 4.74 Å². The molecule has 0 aromatic heterocycles. The second-order valence-electron chi connectivity index (χ2n) is 5.76. The van der Waals surface area contributed by atoms with E-state index in [9.17, 15) is 4.39 Å². The van der Waals surface area contributed by atoms with Gasteiger partial charge in [-0.25, -0.2) is 4.39 Å². The SMILES string of the molecule is Fc1cccc(C2CNCCN2CCN2CCOCC2)c1. The Balaban J connectivity index is 1.61. The standard InChI is InChI=1S/C16H24FN3O/c17-15-3-1-2-14(12-15)16-13-18-4-5-20(16)7-6-19-8-10-21-11-9-19/h1-3,12,16,18H,4-11,13H2. The van der Waals surface area contributed by atoms with E-state index in [0.717, 1.165) is 64.6 Å². The van der Waals surface area contributed by atoms with Crippen molar-refractivity contribution < 1.29 is 9.13 Å². The van der Waals surface area contributed by atoms with Crippen molar-refractivity contribution in [2.45, 2.75) is 6.04 Å². The van der Waals surface area contributed by atoms with Crippen molar-refractivity contribution in [3.63, 3.8) is 0 Å². The van der Waals surface area contributed by atoms with Crippen LogP contribution in [0.3, 0.4) is 0 Å². The lowest BCUT2D eigenvalue weighted by atomic mass is 10.0. The zero-order valence-corrected chi connectivity index (χ0v) is 12.4. The van der Waals surface area contributed by atoms with Gasteiger partial charge in [-0.3, -0.25) is 9.80 Å². The van der Waals surface area contributed by atoms with Crippen LogP contribution >= 0.6 is 0 Å². The van der Waals surface area contributed by atoms with Crippen LogP contribution < -0.4 is 5.32 Å². The molecule has 4 nitrogen and oxygen atoms in total. The van der Waals surface area contributed by atoms with Crippen LogP contribution in [0.4, 0.5) is 4.39 Å². The minimum Gasteiger partial charge on any atom is -0.379 e. The van der Waals surface area contributed by atoms with Crippen molar-refractivity contribution in [3.05, 3.63) is 35.6 Å². The molecule has 116 valence electrons. The number of nitrogens with one attached hydrogen (secondary N) is 1. The van der Waals surface area contributed by atoms with E-state index >= 15 is 0 Å². The first kappa shape index (κ1) is 14.9. The van der Waals surface area contributed by atoms with E-state index in [2.05, 4.69) is 15.1 Å². The molecule has 1 aromatic carbocycles. The summed E-state index contributed by atoms with van der Waals surface area (Å²) in [7, 11) is 0. The Hall–Kier alpha value is -1.01. The van der Waals surface area contributed by atoms with E-state index in [0.29, 0.717) is 0 Å². The number of nitrogens with zero attached hydrogens (tertiary/aromatic N) is 2. The highest BCUT2D eigenvalue weighted by molar-refractivity contribution is 5.21. The quantitative estimate of drug-likeness (QED) is 0.900. The molecular formula is C16H24FN3O. The van der Waals surface area contributed by atoms with Crippen LogP contribution in [0.1, 0.15) is 11.6 Å². The number of ether oxygens (including phenoxy) is 1. The minimum atomic E-state index is -0.147. The molecule has 5 heteroatoms. The van der Waals surface area contributed by atoms with Crippen molar-refractivity contribution >= 4 is 0 Å². The van der Waals surface area contributed by atoms with Gasteiger partial charge in [0.2, 0.25) is 0 Å². The van der Waals surface area contributed by atoms with Gasteiger partial charge in [0.25, 0.3) is 0 Å². The molecule has 1 unspecified atom stereocenters. The molecule has 0 bridgehead atoms. The second-order valence-corrected chi connectivity index (χ2v) is 5.76. The Morgan fingerprint density at radius 2 is 2.05 bits per heavy atom. The number of hydrogen-bond donors (Lipinski definition) is 1. The summed E-state index contributed by atoms with van der Waals surface area (Å²) >= 11 is 0. The van der Waals surface area contributed by atoms with Crippen molar-refractivity contribution in [1.29, 1.82) is 0 Å². The Bertz CT molecular complexity index is 451. The maximum atomic E-state index is 13.5. The van der Waals surface area contributed by atoms with Crippen LogP contribution in [-0.4, -0.2) is 68.8 Å². The van der Waals surface area contributed by atoms with Crippen LogP contribution in [0, 0.1) is 5.82 Å². The molecule has 0 aliphatic carbocycles. The lowest BCUT2D eigenvalue weighted by molar-refractivity contribution is 0.0291. The molecule has 0 amide bonds. The van der Waals surface area contributed by atoms with Crippen molar-refractivity contribution in [2.75, 3.05) is 59.0 Å². The Kier molecular flexibility index (Phi) is 5.19. The topological polar surface area (TPSA) is 27.7 Å². The van der Waals surface area contributed by atoms with Crippen LogP contribution in [0.25, 0.3) is 0 Å². The largest absolute Gasteiger partial charge is 0.379 e. The summed E-state index contributed by atoms with van der Waals surface area (Å²) in [4.78, 5) is 4.93.